The first-order chi connectivity index (χ1) is 12.0. The summed E-state index contributed by atoms with van der Waals surface area (Å²) in [7, 11) is 1.07. The van der Waals surface area contributed by atoms with E-state index in [1.165, 1.54) is 0 Å². The van der Waals surface area contributed by atoms with Crippen molar-refractivity contribution >= 4 is 16.8 Å². The van der Waals surface area contributed by atoms with Crippen LogP contribution in [0.4, 0.5) is 26.3 Å². The maximum atomic E-state index is 13.7. The van der Waals surface area contributed by atoms with E-state index in [1.807, 2.05) is 0 Å². The van der Waals surface area contributed by atoms with Gasteiger partial charge in [-0.3, -0.25) is 4.79 Å². The number of halogens is 7. The van der Waals surface area contributed by atoms with E-state index in [1.54, 1.807) is 0 Å². The molecule has 26 heavy (non-hydrogen) atoms. The molecule has 2 aromatic rings. The van der Waals surface area contributed by atoms with Crippen LogP contribution in [0, 0.1) is 17.5 Å². The van der Waals surface area contributed by atoms with E-state index in [0.717, 1.165) is 25.3 Å². The largest absolute Gasteiger partial charge is 0.573 e. The summed E-state index contributed by atoms with van der Waals surface area (Å²) < 4.78 is 90.6. The van der Waals surface area contributed by atoms with Gasteiger partial charge in [0.25, 0.3) is 5.24 Å². The van der Waals surface area contributed by atoms with Gasteiger partial charge in [0, 0.05) is 12.1 Å². The molecular weight excluding hydrogens is 394 g/mol. The lowest BCUT2D eigenvalue weighted by molar-refractivity contribution is -0.274. The third-order valence-corrected chi connectivity index (χ3v) is 3.10. The highest BCUT2D eigenvalue weighted by Gasteiger charge is 2.31. The summed E-state index contributed by atoms with van der Waals surface area (Å²) in [6.45, 7) is 0. The summed E-state index contributed by atoms with van der Waals surface area (Å²) in [5, 5.41) is -1.48. The Morgan fingerprint density at radius 1 is 1.00 bits per heavy atom. The lowest BCUT2D eigenvalue weighted by Gasteiger charge is -2.15. The van der Waals surface area contributed by atoms with E-state index in [0.29, 0.717) is 6.07 Å². The van der Waals surface area contributed by atoms with Crippen molar-refractivity contribution < 1.29 is 45.3 Å². The van der Waals surface area contributed by atoms with Crippen molar-refractivity contribution in [1.82, 2.24) is 0 Å². The summed E-state index contributed by atoms with van der Waals surface area (Å²) >= 11 is 5.15. The maximum absolute atomic E-state index is 13.7. The van der Waals surface area contributed by atoms with Crippen LogP contribution in [0.5, 0.6) is 23.0 Å². The van der Waals surface area contributed by atoms with Crippen LogP contribution in [0.25, 0.3) is 0 Å². The summed E-state index contributed by atoms with van der Waals surface area (Å²) in [6, 6.07) is 2.88. The Kier molecular flexibility index (Phi) is 5.55. The molecule has 0 radical (unpaired) electrons. The molecule has 0 atom stereocenters. The van der Waals surface area contributed by atoms with Crippen molar-refractivity contribution in [3.05, 3.63) is 47.3 Å². The van der Waals surface area contributed by atoms with Crippen molar-refractivity contribution in [3.8, 4) is 23.0 Å². The summed E-state index contributed by atoms with van der Waals surface area (Å²) in [4.78, 5) is 11.3. The average Bonchev–Trinajstić information content (AvgIpc) is 2.52. The van der Waals surface area contributed by atoms with Crippen molar-refractivity contribution in [1.29, 1.82) is 0 Å². The first kappa shape index (κ1) is 19.7. The minimum absolute atomic E-state index is 0.329. The van der Waals surface area contributed by atoms with Crippen LogP contribution in [0.2, 0.25) is 0 Å². The molecule has 0 aliphatic heterocycles. The van der Waals surface area contributed by atoms with Crippen LogP contribution in [-0.2, 0) is 0 Å². The van der Waals surface area contributed by atoms with Gasteiger partial charge in [-0.15, -0.1) is 13.2 Å². The van der Waals surface area contributed by atoms with Crippen LogP contribution in [0.15, 0.2) is 24.3 Å². The molecule has 140 valence electrons. The highest BCUT2D eigenvalue weighted by atomic mass is 35.5. The molecule has 0 aromatic heterocycles. The van der Waals surface area contributed by atoms with E-state index in [4.69, 9.17) is 21.1 Å². The smallest absolute Gasteiger partial charge is 0.493 e. The summed E-state index contributed by atoms with van der Waals surface area (Å²) in [5.74, 6) is -7.62. The fraction of sp³-hybridized carbons (Fsp3) is 0.133. The zero-order valence-corrected chi connectivity index (χ0v) is 13.3. The SMILES string of the molecule is COc1cc(OC(F)(F)F)ccc1Oc1cc(F)c(F)c(F)c1C(=O)Cl. The van der Waals surface area contributed by atoms with Gasteiger partial charge >= 0.3 is 6.36 Å². The third-order valence-electron chi connectivity index (χ3n) is 2.91. The molecule has 11 heteroatoms. The van der Waals surface area contributed by atoms with Crippen molar-refractivity contribution in [2.75, 3.05) is 7.11 Å². The predicted octanol–water partition coefficient (Wildman–Crippen LogP) is 5.18. The van der Waals surface area contributed by atoms with E-state index in [9.17, 15) is 31.1 Å². The van der Waals surface area contributed by atoms with Gasteiger partial charge in [-0.2, -0.15) is 0 Å². The van der Waals surface area contributed by atoms with Crippen LogP contribution >= 0.6 is 11.6 Å². The van der Waals surface area contributed by atoms with E-state index >= 15 is 0 Å². The topological polar surface area (TPSA) is 44.8 Å². The standard InChI is InChI=1S/C15H7ClF6O4/c1-24-9-4-6(26-15(20,21)22)2-3-8(9)25-10-5-7(17)12(18)13(19)11(10)14(16)23/h2-5H,1H3. The molecule has 0 amide bonds. The maximum Gasteiger partial charge on any atom is 0.573 e. The van der Waals surface area contributed by atoms with Crippen LogP contribution in [-0.4, -0.2) is 18.7 Å². The van der Waals surface area contributed by atoms with Gasteiger partial charge in [0.05, 0.1) is 7.11 Å². The van der Waals surface area contributed by atoms with Crippen molar-refractivity contribution in [2.24, 2.45) is 0 Å². The number of carbonyl (C=O) groups is 1. The van der Waals surface area contributed by atoms with Crippen molar-refractivity contribution in [2.45, 2.75) is 6.36 Å². The zero-order valence-electron chi connectivity index (χ0n) is 12.6. The molecule has 0 heterocycles. The van der Waals surface area contributed by atoms with Gasteiger partial charge in [-0.1, -0.05) is 0 Å². The molecule has 0 N–H and O–H groups in total. The summed E-state index contributed by atoms with van der Waals surface area (Å²) in [5.41, 5.74) is -1.09. The number of carbonyl (C=O) groups excluding carboxylic acids is 1. The Hall–Kier alpha value is -2.62. The zero-order chi connectivity index (χ0) is 19.6. The van der Waals surface area contributed by atoms with Gasteiger partial charge in [0.1, 0.15) is 17.1 Å². The highest BCUT2D eigenvalue weighted by molar-refractivity contribution is 6.68. The molecule has 0 bridgehead atoms. The molecule has 0 fully saturated rings. The predicted molar refractivity (Wildman–Crippen MR) is 76.3 cm³/mol. The number of hydrogen-bond donors (Lipinski definition) is 0. The first-order valence-electron chi connectivity index (χ1n) is 6.52. The molecule has 2 rings (SSSR count). The lowest BCUT2D eigenvalue weighted by atomic mass is 10.2. The molecule has 0 aliphatic carbocycles. The van der Waals surface area contributed by atoms with Crippen molar-refractivity contribution in [3.63, 3.8) is 0 Å². The van der Waals surface area contributed by atoms with E-state index in [-0.39, 0.29) is 11.5 Å². The van der Waals surface area contributed by atoms with E-state index < -0.39 is 46.1 Å². The molecule has 0 saturated heterocycles. The molecular formula is C15H7ClF6O4. The normalized spacial score (nSPS) is 11.2. The monoisotopic (exact) mass is 400 g/mol. The molecule has 0 unspecified atom stereocenters. The fourth-order valence-corrected chi connectivity index (χ4v) is 2.06. The second-order valence-electron chi connectivity index (χ2n) is 4.60. The summed E-state index contributed by atoms with van der Waals surface area (Å²) in [6.07, 6.45) is -4.96. The minimum Gasteiger partial charge on any atom is -0.493 e. The van der Waals surface area contributed by atoms with Crippen LogP contribution < -0.4 is 14.2 Å². The quantitative estimate of drug-likeness (QED) is 0.394. The second-order valence-corrected chi connectivity index (χ2v) is 4.94. The number of rotatable bonds is 5. The second kappa shape index (κ2) is 7.32. The molecule has 4 nitrogen and oxygen atoms in total. The van der Waals surface area contributed by atoms with Gasteiger partial charge in [-0.25, -0.2) is 13.2 Å². The Morgan fingerprint density at radius 3 is 2.19 bits per heavy atom. The fourth-order valence-electron chi connectivity index (χ4n) is 1.88. The number of methoxy groups -OCH3 is 1. The Bertz CT molecular complexity index is 853. The Morgan fingerprint density at radius 2 is 1.65 bits per heavy atom. The van der Waals surface area contributed by atoms with Gasteiger partial charge < -0.3 is 14.2 Å². The number of hydrogen-bond acceptors (Lipinski definition) is 4. The Balaban J connectivity index is 2.47. The minimum atomic E-state index is -4.96. The molecule has 0 aliphatic rings. The number of alkyl halides is 3. The lowest BCUT2D eigenvalue weighted by Crippen LogP contribution is -2.17. The highest BCUT2D eigenvalue weighted by Crippen LogP contribution is 2.38. The van der Waals surface area contributed by atoms with Crippen LogP contribution in [0.1, 0.15) is 10.4 Å². The van der Waals surface area contributed by atoms with Gasteiger partial charge in [-0.05, 0) is 23.7 Å². The molecule has 2 aromatic carbocycles. The molecule has 0 spiro atoms. The van der Waals surface area contributed by atoms with Crippen LogP contribution in [0.3, 0.4) is 0 Å². The number of ether oxygens (including phenoxy) is 3. The molecule has 0 saturated carbocycles. The third kappa shape index (κ3) is 4.31. The van der Waals surface area contributed by atoms with E-state index in [2.05, 4.69) is 4.74 Å². The Labute approximate surface area is 146 Å². The van der Waals surface area contributed by atoms with Gasteiger partial charge in [0.2, 0.25) is 0 Å². The first-order valence-corrected chi connectivity index (χ1v) is 6.90. The average molecular weight is 401 g/mol. The number of benzene rings is 2. The van der Waals surface area contributed by atoms with Gasteiger partial charge in [0.15, 0.2) is 29.0 Å².